The van der Waals surface area contributed by atoms with Crippen LogP contribution in [0.3, 0.4) is 0 Å². The van der Waals surface area contributed by atoms with Crippen LogP contribution in [-0.4, -0.2) is 73.5 Å². The minimum absolute atomic E-state index is 0.0269. The maximum absolute atomic E-state index is 13.1. The molecular formula is C27H35N3O4S. The summed E-state index contributed by atoms with van der Waals surface area (Å²) in [6.07, 6.45) is 0.943. The summed E-state index contributed by atoms with van der Waals surface area (Å²) in [5.74, 6) is 3.31. The lowest BCUT2D eigenvalue weighted by Crippen LogP contribution is -2.32. The molecule has 2 aliphatic heterocycles. The van der Waals surface area contributed by atoms with Crippen molar-refractivity contribution in [3.63, 3.8) is 0 Å². The number of anilines is 1. The SMILES string of the molecule is COc1ccc(CCN2CC(C(=O)Nc3cccc(CN4CCSCC4)c3C)CC2=O)cc1OC. The Morgan fingerprint density at radius 3 is 2.63 bits per heavy atom. The number of likely N-dealkylation sites (tertiary alicyclic amines) is 1. The fraction of sp³-hybridized carbons (Fsp3) is 0.481. The number of benzene rings is 2. The van der Waals surface area contributed by atoms with E-state index in [-0.39, 0.29) is 24.2 Å². The molecule has 2 aromatic rings. The Morgan fingerprint density at radius 2 is 1.89 bits per heavy atom. The Labute approximate surface area is 212 Å². The molecule has 1 N–H and O–H groups in total. The van der Waals surface area contributed by atoms with Gasteiger partial charge in [0.25, 0.3) is 0 Å². The van der Waals surface area contributed by atoms with Crippen LogP contribution < -0.4 is 14.8 Å². The van der Waals surface area contributed by atoms with Crippen molar-refractivity contribution < 1.29 is 19.1 Å². The standard InChI is InChI=1S/C27H35N3O4S/c1-19-21(17-29-11-13-35-14-12-29)5-4-6-23(19)28-27(32)22-16-26(31)30(18-22)10-9-20-7-8-24(33-2)25(15-20)34-3/h4-8,15,22H,9-14,16-18H2,1-3H3,(H,28,32). The summed E-state index contributed by atoms with van der Waals surface area (Å²) in [5, 5.41) is 3.10. The first-order valence-corrected chi connectivity index (χ1v) is 13.3. The van der Waals surface area contributed by atoms with Crippen LogP contribution in [0, 0.1) is 12.8 Å². The number of nitrogens with zero attached hydrogens (tertiary/aromatic N) is 2. The molecule has 1 atom stereocenters. The van der Waals surface area contributed by atoms with Crippen LogP contribution in [0.1, 0.15) is 23.1 Å². The fourth-order valence-electron chi connectivity index (χ4n) is 4.69. The van der Waals surface area contributed by atoms with E-state index in [0.717, 1.165) is 36.4 Å². The second kappa shape index (κ2) is 11.8. The largest absolute Gasteiger partial charge is 0.493 e. The molecule has 4 rings (SSSR count). The van der Waals surface area contributed by atoms with Gasteiger partial charge >= 0.3 is 0 Å². The molecule has 0 bridgehead atoms. The van der Waals surface area contributed by atoms with Gasteiger partial charge in [-0.15, -0.1) is 0 Å². The molecule has 2 saturated heterocycles. The van der Waals surface area contributed by atoms with Gasteiger partial charge in [-0.05, 0) is 48.2 Å². The van der Waals surface area contributed by atoms with E-state index in [1.807, 2.05) is 42.1 Å². The molecule has 2 amide bonds. The molecule has 0 aromatic heterocycles. The number of nitrogens with one attached hydrogen (secondary N) is 1. The molecule has 188 valence electrons. The average Bonchev–Trinajstić information content (AvgIpc) is 3.26. The number of amides is 2. The Morgan fingerprint density at radius 1 is 1.11 bits per heavy atom. The summed E-state index contributed by atoms with van der Waals surface area (Å²) >= 11 is 2.00. The zero-order valence-corrected chi connectivity index (χ0v) is 21.7. The third-order valence-electron chi connectivity index (χ3n) is 6.91. The highest BCUT2D eigenvalue weighted by Gasteiger charge is 2.34. The minimum atomic E-state index is -0.338. The number of hydrogen-bond acceptors (Lipinski definition) is 6. The maximum atomic E-state index is 13.1. The van der Waals surface area contributed by atoms with Crippen LogP contribution in [-0.2, 0) is 22.6 Å². The summed E-state index contributed by atoms with van der Waals surface area (Å²) < 4.78 is 10.7. The Bertz CT molecular complexity index is 1050. The molecule has 2 aliphatic rings. The lowest BCUT2D eigenvalue weighted by molar-refractivity contribution is -0.128. The topological polar surface area (TPSA) is 71.1 Å². The van der Waals surface area contributed by atoms with Crippen LogP contribution in [0.4, 0.5) is 5.69 Å². The lowest BCUT2D eigenvalue weighted by Gasteiger charge is -2.27. The number of carbonyl (C=O) groups excluding carboxylic acids is 2. The molecule has 8 heteroatoms. The monoisotopic (exact) mass is 497 g/mol. The van der Waals surface area contributed by atoms with Crippen molar-refractivity contribution in [2.45, 2.75) is 26.3 Å². The van der Waals surface area contributed by atoms with Gasteiger partial charge in [0.1, 0.15) is 0 Å². The summed E-state index contributed by atoms with van der Waals surface area (Å²) in [4.78, 5) is 29.9. The third-order valence-corrected chi connectivity index (χ3v) is 7.85. The summed E-state index contributed by atoms with van der Waals surface area (Å²) in [7, 11) is 3.22. The molecule has 0 saturated carbocycles. The number of carbonyl (C=O) groups is 2. The Hall–Kier alpha value is -2.71. The van der Waals surface area contributed by atoms with Crippen LogP contribution >= 0.6 is 11.8 Å². The van der Waals surface area contributed by atoms with E-state index in [9.17, 15) is 9.59 Å². The predicted molar refractivity (Wildman–Crippen MR) is 140 cm³/mol. The van der Waals surface area contributed by atoms with E-state index < -0.39 is 0 Å². The number of hydrogen-bond donors (Lipinski definition) is 1. The maximum Gasteiger partial charge on any atom is 0.229 e. The molecule has 2 aromatic carbocycles. The van der Waals surface area contributed by atoms with E-state index >= 15 is 0 Å². The molecule has 0 radical (unpaired) electrons. The molecule has 35 heavy (non-hydrogen) atoms. The highest BCUT2D eigenvalue weighted by Crippen LogP contribution is 2.29. The van der Waals surface area contributed by atoms with Gasteiger partial charge < -0.3 is 19.7 Å². The van der Waals surface area contributed by atoms with Crippen LogP contribution in [0.15, 0.2) is 36.4 Å². The molecule has 2 fully saturated rings. The molecule has 0 spiro atoms. The highest BCUT2D eigenvalue weighted by atomic mass is 32.2. The first-order valence-electron chi connectivity index (χ1n) is 12.2. The van der Waals surface area contributed by atoms with Gasteiger partial charge in [-0.1, -0.05) is 18.2 Å². The van der Waals surface area contributed by atoms with Crippen molar-refractivity contribution in [3.8, 4) is 11.5 Å². The van der Waals surface area contributed by atoms with Gasteiger partial charge in [-0.3, -0.25) is 14.5 Å². The molecule has 7 nitrogen and oxygen atoms in total. The number of methoxy groups -OCH3 is 2. The molecule has 1 unspecified atom stereocenters. The number of thioether (sulfide) groups is 1. The normalized spacial score (nSPS) is 18.5. The molecular weight excluding hydrogens is 462 g/mol. The Kier molecular flexibility index (Phi) is 8.57. The first-order chi connectivity index (χ1) is 17.0. The summed E-state index contributed by atoms with van der Waals surface area (Å²) in [6, 6.07) is 11.9. The zero-order chi connectivity index (χ0) is 24.8. The van der Waals surface area contributed by atoms with Crippen molar-refractivity contribution in [2.75, 3.05) is 57.2 Å². The van der Waals surface area contributed by atoms with Crippen molar-refractivity contribution in [1.82, 2.24) is 9.80 Å². The average molecular weight is 498 g/mol. The second-order valence-corrected chi connectivity index (χ2v) is 10.4. The number of ether oxygens (including phenoxy) is 2. The quantitative estimate of drug-likeness (QED) is 0.571. The predicted octanol–water partition coefficient (Wildman–Crippen LogP) is 3.59. The van der Waals surface area contributed by atoms with Crippen molar-refractivity contribution in [1.29, 1.82) is 0 Å². The fourth-order valence-corrected chi connectivity index (χ4v) is 5.67. The van der Waals surface area contributed by atoms with Crippen LogP contribution in [0.5, 0.6) is 11.5 Å². The van der Waals surface area contributed by atoms with Crippen molar-refractivity contribution in [3.05, 3.63) is 53.1 Å². The summed E-state index contributed by atoms with van der Waals surface area (Å²) in [5.41, 5.74) is 4.25. The molecule has 0 aliphatic carbocycles. The minimum Gasteiger partial charge on any atom is -0.493 e. The smallest absolute Gasteiger partial charge is 0.229 e. The Balaban J connectivity index is 1.33. The van der Waals surface area contributed by atoms with Gasteiger partial charge in [0, 0.05) is 56.3 Å². The van der Waals surface area contributed by atoms with Crippen molar-refractivity contribution in [2.24, 2.45) is 5.92 Å². The van der Waals surface area contributed by atoms with Gasteiger partial charge in [-0.2, -0.15) is 11.8 Å². The number of rotatable bonds is 9. The van der Waals surface area contributed by atoms with Crippen LogP contribution in [0.2, 0.25) is 0 Å². The van der Waals surface area contributed by atoms with Gasteiger partial charge in [0.15, 0.2) is 11.5 Å². The first kappa shape index (κ1) is 25.4. The van der Waals surface area contributed by atoms with E-state index in [0.29, 0.717) is 31.0 Å². The lowest BCUT2D eigenvalue weighted by atomic mass is 10.0. The molecule has 2 heterocycles. The van der Waals surface area contributed by atoms with Gasteiger partial charge in [0.2, 0.25) is 11.8 Å². The van der Waals surface area contributed by atoms with E-state index in [1.165, 1.54) is 17.1 Å². The van der Waals surface area contributed by atoms with E-state index in [4.69, 9.17) is 9.47 Å². The van der Waals surface area contributed by atoms with E-state index in [2.05, 4.69) is 23.2 Å². The van der Waals surface area contributed by atoms with Gasteiger partial charge in [-0.25, -0.2) is 0 Å². The third kappa shape index (κ3) is 6.30. The van der Waals surface area contributed by atoms with Crippen LogP contribution in [0.25, 0.3) is 0 Å². The second-order valence-electron chi connectivity index (χ2n) is 9.15. The highest BCUT2D eigenvalue weighted by molar-refractivity contribution is 7.99. The zero-order valence-electron chi connectivity index (χ0n) is 20.8. The summed E-state index contributed by atoms with van der Waals surface area (Å²) in [6.45, 7) is 6.19. The van der Waals surface area contributed by atoms with Crippen molar-refractivity contribution >= 4 is 29.3 Å². The van der Waals surface area contributed by atoms with Gasteiger partial charge in [0.05, 0.1) is 20.1 Å². The van der Waals surface area contributed by atoms with E-state index in [1.54, 1.807) is 19.1 Å².